The van der Waals surface area contributed by atoms with Crippen molar-refractivity contribution in [2.75, 3.05) is 32.0 Å². The molecule has 8 nitrogen and oxygen atoms in total. The maximum atomic E-state index is 12.1. The molecule has 1 unspecified atom stereocenters. The van der Waals surface area contributed by atoms with E-state index in [1.54, 1.807) is 30.2 Å². The van der Waals surface area contributed by atoms with Gasteiger partial charge in [-0.3, -0.25) is 19.4 Å². The summed E-state index contributed by atoms with van der Waals surface area (Å²) in [6.07, 6.45) is 5.93. The number of likely N-dealkylation sites (N-methyl/N-ethyl adjacent to an activating group) is 1. The Morgan fingerprint density at radius 2 is 2.21 bits per heavy atom. The van der Waals surface area contributed by atoms with Crippen molar-refractivity contribution in [3.05, 3.63) is 48.3 Å². The third-order valence-electron chi connectivity index (χ3n) is 5.17. The van der Waals surface area contributed by atoms with Crippen LogP contribution in [0.3, 0.4) is 0 Å². The minimum absolute atomic E-state index is 0.103. The first-order valence-electron chi connectivity index (χ1n) is 10.2. The molecule has 3 N–H and O–H groups in total. The third kappa shape index (κ3) is 6.32. The molecule has 1 saturated heterocycles. The van der Waals surface area contributed by atoms with E-state index >= 15 is 0 Å². The quantitative estimate of drug-likeness (QED) is 0.466. The lowest BCUT2D eigenvalue weighted by Gasteiger charge is -2.24. The minimum atomic E-state index is -0.103. The molecule has 1 atom stereocenters. The Hall–Kier alpha value is -2.87. The zero-order valence-corrected chi connectivity index (χ0v) is 17.3. The number of aromatic nitrogens is 2. The molecule has 1 fully saturated rings. The van der Waals surface area contributed by atoms with Gasteiger partial charge in [-0.05, 0) is 49.7 Å². The summed E-state index contributed by atoms with van der Waals surface area (Å²) < 4.78 is 1.60. The van der Waals surface area contributed by atoms with Gasteiger partial charge >= 0.3 is 0 Å². The van der Waals surface area contributed by atoms with Crippen LogP contribution in [-0.2, 0) is 17.9 Å². The molecule has 2 heterocycles. The number of aliphatic imine (C=N–C) groups is 1. The van der Waals surface area contributed by atoms with Crippen molar-refractivity contribution in [3.8, 4) is 0 Å². The number of nitrogens with one attached hydrogen (secondary N) is 3. The van der Waals surface area contributed by atoms with Gasteiger partial charge in [-0.15, -0.1) is 0 Å². The highest BCUT2D eigenvalue weighted by Gasteiger charge is 2.22. The van der Waals surface area contributed by atoms with E-state index in [2.05, 4.69) is 37.9 Å². The maximum Gasteiger partial charge on any atom is 0.246 e. The lowest BCUT2D eigenvalue weighted by molar-refractivity contribution is -0.116. The fourth-order valence-corrected chi connectivity index (χ4v) is 3.66. The van der Waals surface area contributed by atoms with Gasteiger partial charge in [-0.1, -0.05) is 19.1 Å². The van der Waals surface area contributed by atoms with Gasteiger partial charge in [0.25, 0.3) is 0 Å². The normalized spacial score (nSPS) is 17.3. The molecule has 1 aromatic carbocycles. The molecule has 0 radical (unpaired) electrons. The Bertz CT molecular complexity index is 803. The predicted molar refractivity (Wildman–Crippen MR) is 116 cm³/mol. The summed E-state index contributed by atoms with van der Waals surface area (Å²) in [6.45, 7) is 6.22. The molecule has 156 valence electrons. The number of carbonyl (C=O) groups is 1. The Morgan fingerprint density at radius 3 is 2.97 bits per heavy atom. The third-order valence-corrected chi connectivity index (χ3v) is 5.17. The smallest absolute Gasteiger partial charge is 0.246 e. The Kier molecular flexibility index (Phi) is 7.63. The van der Waals surface area contributed by atoms with E-state index in [-0.39, 0.29) is 12.5 Å². The number of hydrogen-bond donors (Lipinski definition) is 3. The van der Waals surface area contributed by atoms with Crippen molar-refractivity contribution in [1.82, 2.24) is 25.3 Å². The minimum Gasteiger partial charge on any atom is -0.355 e. The first-order chi connectivity index (χ1) is 14.2. The molecule has 8 heteroatoms. The number of nitrogens with zero attached hydrogens (tertiary/aromatic N) is 4. The van der Waals surface area contributed by atoms with Crippen molar-refractivity contribution in [3.63, 3.8) is 0 Å². The number of hydrogen-bond acceptors (Lipinski definition) is 4. The highest BCUT2D eigenvalue weighted by molar-refractivity contribution is 5.90. The average molecular weight is 398 g/mol. The number of guanidine groups is 1. The van der Waals surface area contributed by atoms with Crippen LogP contribution in [0.5, 0.6) is 0 Å². The first kappa shape index (κ1) is 20.9. The fraction of sp³-hybridized carbons (Fsp3) is 0.476. The van der Waals surface area contributed by atoms with Crippen LogP contribution in [0.4, 0.5) is 5.69 Å². The number of likely N-dealkylation sites (tertiary alicyclic amines) is 1. The van der Waals surface area contributed by atoms with Crippen LogP contribution in [0.1, 0.15) is 25.3 Å². The highest BCUT2D eigenvalue weighted by atomic mass is 16.2. The van der Waals surface area contributed by atoms with Gasteiger partial charge in [0.1, 0.15) is 6.54 Å². The van der Waals surface area contributed by atoms with E-state index in [9.17, 15) is 4.79 Å². The molecule has 3 rings (SSSR count). The second kappa shape index (κ2) is 10.6. The van der Waals surface area contributed by atoms with Crippen LogP contribution in [0.15, 0.2) is 47.7 Å². The van der Waals surface area contributed by atoms with Gasteiger partial charge < -0.3 is 16.0 Å². The fourth-order valence-electron chi connectivity index (χ4n) is 3.66. The summed E-state index contributed by atoms with van der Waals surface area (Å²) in [5.74, 6) is 0.689. The molecule has 29 heavy (non-hydrogen) atoms. The van der Waals surface area contributed by atoms with Gasteiger partial charge in [0.2, 0.25) is 5.91 Å². The molecule has 0 bridgehead atoms. The van der Waals surface area contributed by atoms with E-state index in [0.717, 1.165) is 30.3 Å². The monoisotopic (exact) mass is 397 g/mol. The van der Waals surface area contributed by atoms with Gasteiger partial charge in [-0.2, -0.15) is 5.10 Å². The van der Waals surface area contributed by atoms with E-state index in [1.165, 1.54) is 19.4 Å². The summed E-state index contributed by atoms with van der Waals surface area (Å²) in [7, 11) is 1.79. The second-order valence-corrected chi connectivity index (χ2v) is 7.18. The Morgan fingerprint density at radius 1 is 1.31 bits per heavy atom. The van der Waals surface area contributed by atoms with Crippen molar-refractivity contribution < 1.29 is 4.79 Å². The van der Waals surface area contributed by atoms with E-state index in [0.29, 0.717) is 12.6 Å². The molecule has 1 amide bonds. The molecule has 1 aliphatic heterocycles. The summed E-state index contributed by atoms with van der Waals surface area (Å²) in [5.41, 5.74) is 1.84. The number of amides is 1. The van der Waals surface area contributed by atoms with Crippen molar-refractivity contribution in [1.29, 1.82) is 0 Å². The van der Waals surface area contributed by atoms with Crippen LogP contribution >= 0.6 is 0 Å². The maximum absolute atomic E-state index is 12.1. The average Bonchev–Trinajstić information content (AvgIpc) is 3.40. The zero-order valence-electron chi connectivity index (χ0n) is 17.3. The zero-order chi connectivity index (χ0) is 20.5. The summed E-state index contributed by atoms with van der Waals surface area (Å²) in [5, 5.41) is 13.8. The molecule has 0 saturated carbocycles. The van der Waals surface area contributed by atoms with Crippen LogP contribution < -0.4 is 16.0 Å². The number of carbonyl (C=O) groups excluding carboxylic acids is 1. The van der Waals surface area contributed by atoms with Crippen molar-refractivity contribution >= 4 is 17.6 Å². The van der Waals surface area contributed by atoms with E-state index in [4.69, 9.17) is 0 Å². The highest BCUT2D eigenvalue weighted by Crippen LogP contribution is 2.15. The SMILES string of the molecule is CCN1CCCC1CNC(=NC)NCc1cccc(NC(=O)Cn2cccn2)c1. The predicted octanol–water partition coefficient (Wildman–Crippen LogP) is 1.67. The Labute approximate surface area is 172 Å². The molecule has 0 aliphatic carbocycles. The number of anilines is 1. The summed E-state index contributed by atoms with van der Waals surface area (Å²) in [4.78, 5) is 19.0. The van der Waals surface area contributed by atoms with Crippen LogP contribution in [-0.4, -0.2) is 59.3 Å². The van der Waals surface area contributed by atoms with Crippen LogP contribution in [0.2, 0.25) is 0 Å². The lowest BCUT2D eigenvalue weighted by Crippen LogP contribution is -2.44. The Balaban J connectivity index is 1.46. The molecule has 1 aromatic heterocycles. The van der Waals surface area contributed by atoms with Crippen LogP contribution in [0, 0.1) is 0 Å². The van der Waals surface area contributed by atoms with Gasteiger partial charge in [0, 0.05) is 44.3 Å². The lowest BCUT2D eigenvalue weighted by atomic mass is 10.2. The first-order valence-corrected chi connectivity index (χ1v) is 10.2. The molecule has 2 aromatic rings. The molecule has 1 aliphatic rings. The largest absolute Gasteiger partial charge is 0.355 e. The number of benzene rings is 1. The van der Waals surface area contributed by atoms with Crippen LogP contribution in [0.25, 0.3) is 0 Å². The number of rotatable bonds is 8. The summed E-state index contributed by atoms with van der Waals surface area (Å²) in [6, 6.07) is 10.2. The van der Waals surface area contributed by atoms with E-state index in [1.807, 2.05) is 24.3 Å². The standard InChI is InChI=1S/C21H31N7O/c1-3-27-11-5-9-19(27)15-24-21(22-2)23-14-17-7-4-8-18(13-17)26-20(29)16-28-12-6-10-25-28/h4,6-8,10,12-13,19H,3,5,9,11,14-16H2,1-2H3,(H,26,29)(H2,22,23,24). The molecular weight excluding hydrogens is 366 g/mol. The van der Waals surface area contributed by atoms with Gasteiger partial charge in [0.05, 0.1) is 0 Å². The van der Waals surface area contributed by atoms with E-state index < -0.39 is 0 Å². The van der Waals surface area contributed by atoms with Crippen molar-refractivity contribution in [2.24, 2.45) is 4.99 Å². The molecular formula is C21H31N7O. The van der Waals surface area contributed by atoms with Gasteiger partial charge in [0.15, 0.2) is 5.96 Å². The van der Waals surface area contributed by atoms with Crippen molar-refractivity contribution in [2.45, 2.75) is 38.9 Å². The second-order valence-electron chi connectivity index (χ2n) is 7.18. The topological polar surface area (TPSA) is 86.6 Å². The summed E-state index contributed by atoms with van der Waals surface area (Å²) >= 11 is 0. The molecule has 0 spiro atoms. The van der Waals surface area contributed by atoms with Gasteiger partial charge in [-0.25, -0.2) is 0 Å².